The molecule has 3 aromatic heterocycles. The average Bonchev–Trinajstić information content (AvgIpc) is 3.32. The molecule has 0 unspecified atom stereocenters. The maximum atomic E-state index is 12.7. The number of aromatic amines is 1. The van der Waals surface area contributed by atoms with Crippen LogP contribution in [0.4, 0.5) is 13.2 Å². The van der Waals surface area contributed by atoms with Crippen LogP contribution in [-0.2, 0) is 12.8 Å². The Morgan fingerprint density at radius 2 is 1.72 bits per heavy atom. The molecule has 0 aliphatic carbocycles. The summed E-state index contributed by atoms with van der Waals surface area (Å²) in [5, 5.41) is 0. The summed E-state index contributed by atoms with van der Waals surface area (Å²) in [6.07, 6.45) is -0.0814. The summed E-state index contributed by atoms with van der Waals surface area (Å²) in [4.78, 5) is 17.2. The Labute approximate surface area is 211 Å². The van der Waals surface area contributed by atoms with Gasteiger partial charge in [-0.2, -0.15) is 13.2 Å². The van der Waals surface area contributed by atoms with Crippen LogP contribution in [0.25, 0.3) is 22.8 Å². The van der Waals surface area contributed by atoms with Gasteiger partial charge in [0.05, 0.1) is 30.3 Å². The molecule has 0 saturated carbocycles. The average molecular weight is 515 g/mol. The first-order valence-electron chi connectivity index (χ1n) is 11.1. The molecule has 0 aliphatic rings. The molecule has 36 heavy (non-hydrogen) atoms. The van der Waals surface area contributed by atoms with Gasteiger partial charge in [0.2, 0.25) is 0 Å². The molecule has 0 aliphatic heterocycles. The van der Waals surface area contributed by atoms with E-state index in [0.29, 0.717) is 23.0 Å². The Bertz CT molecular complexity index is 1320. The maximum absolute atomic E-state index is 12.7. The molecule has 10 heteroatoms. The summed E-state index contributed by atoms with van der Waals surface area (Å²) >= 11 is 1.75. The standard InChI is InChI=1S/C26H25F3N4O2S/c1-25(2,3)36-19-8-10-21(31-13-19)24-32-14-22(33-24)20-9-7-18(11-23(20)34-4)35-15-17-6-5-16(12-30-17)26(27,28)29/h5-14H,15H2,1-4H3,(H,32,33). The van der Waals surface area contributed by atoms with Crippen LogP contribution in [0, 0.1) is 0 Å². The lowest BCUT2D eigenvalue weighted by Gasteiger charge is -2.17. The first-order valence-corrected chi connectivity index (χ1v) is 11.9. The van der Waals surface area contributed by atoms with E-state index in [4.69, 9.17) is 9.47 Å². The Morgan fingerprint density at radius 3 is 2.33 bits per heavy atom. The van der Waals surface area contributed by atoms with Gasteiger partial charge in [0.25, 0.3) is 0 Å². The molecule has 0 amide bonds. The van der Waals surface area contributed by atoms with Gasteiger partial charge in [-0.15, -0.1) is 11.8 Å². The number of rotatable bonds is 7. The Hall–Kier alpha value is -3.53. The number of ether oxygens (including phenoxy) is 2. The van der Waals surface area contributed by atoms with E-state index in [-0.39, 0.29) is 11.4 Å². The van der Waals surface area contributed by atoms with Crippen molar-refractivity contribution in [2.75, 3.05) is 7.11 Å². The molecule has 0 bridgehead atoms. The van der Waals surface area contributed by atoms with Gasteiger partial charge in [-0.1, -0.05) is 20.8 Å². The number of pyridine rings is 2. The van der Waals surface area contributed by atoms with Crippen molar-refractivity contribution in [1.29, 1.82) is 0 Å². The summed E-state index contributed by atoms with van der Waals surface area (Å²) in [6.45, 7) is 6.48. The van der Waals surface area contributed by atoms with Crippen LogP contribution in [0.3, 0.4) is 0 Å². The highest BCUT2D eigenvalue weighted by Gasteiger charge is 2.30. The number of aromatic nitrogens is 4. The smallest absolute Gasteiger partial charge is 0.417 e. The van der Waals surface area contributed by atoms with Crippen LogP contribution in [0.1, 0.15) is 32.0 Å². The van der Waals surface area contributed by atoms with Gasteiger partial charge in [-0.3, -0.25) is 9.97 Å². The monoisotopic (exact) mass is 514 g/mol. The number of hydrogen-bond donors (Lipinski definition) is 1. The van der Waals surface area contributed by atoms with E-state index in [1.54, 1.807) is 37.2 Å². The number of hydrogen-bond acceptors (Lipinski definition) is 6. The van der Waals surface area contributed by atoms with Gasteiger partial charge in [0.15, 0.2) is 5.82 Å². The Morgan fingerprint density at radius 1 is 0.917 bits per heavy atom. The van der Waals surface area contributed by atoms with E-state index in [2.05, 4.69) is 40.7 Å². The molecule has 188 valence electrons. The minimum atomic E-state index is -4.42. The van der Waals surface area contributed by atoms with Crippen LogP contribution in [-0.4, -0.2) is 31.8 Å². The normalized spacial score (nSPS) is 12.0. The number of benzene rings is 1. The quantitative estimate of drug-likeness (QED) is 0.267. The molecule has 4 rings (SSSR count). The fraction of sp³-hybridized carbons (Fsp3) is 0.269. The molecule has 0 saturated heterocycles. The van der Waals surface area contributed by atoms with Crippen LogP contribution in [0.5, 0.6) is 11.5 Å². The van der Waals surface area contributed by atoms with Crippen molar-refractivity contribution in [1.82, 2.24) is 19.9 Å². The third-order valence-electron chi connectivity index (χ3n) is 4.98. The zero-order chi connectivity index (χ0) is 25.9. The highest BCUT2D eigenvalue weighted by Crippen LogP contribution is 2.35. The van der Waals surface area contributed by atoms with Crippen molar-refractivity contribution >= 4 is 11.8 Å². The van der Waals surface area contributed by atoms with Crippen molar-refractivity contribution in [3.63, 3.8) is 0 Å². The predicted octanol–water partition coefficient (Wildman–Crippen LogP) is 7.03. The molecule has 0 radical (unpaired) electrons. The lowest BCUT2D eigenvalue weighted by molar-refractivity contribution is -0.137. The first kappa shape index (κ1) is 25.6. The van der Waals surface area contributed by atoms with E-state index >= 15 is 0 Å². The second kappa shape index (κ2) is 10.2. The Kier molecular flexibility index (Phi) is 7.26. The van der Waals surface area contributed by atoms with E-state index in [1.807, 2.05) is 24.4 Å². The minimum Gasteiger partial charge on any atom is -0.496 e. The fourth-order valence-electron chi connectivity index (χ4n) is 3.34. The lowest BCUT2D eigenvalue weighted by Crippen LogP contribution is -2.06. The number of alkyl halides is 3. The van der Waals surface area contributed by atoms with Crippen molar-refractivity contribution in [2.24, 2.45) is 0 Å². The number of nitrogens with one attached hydrogen (secondary N) is 1. The number of methoxy groups -OCH3 is 1. The molecule has 0 fully saturated rings. The largest absolute Gasteiger partial charge is 0.496 e. The topological polar surface area (TPSA) is 72.9 Å². The molecule has 0 spiro atoms. The predicted molar refractivity (Wildman–Crippen MR) is 133 cm³/mol. The number of nitrogens with zero attached hydrogens (tertiary/aromatic N) is 3. The number of halogens is 3. The molecule has 4 aromatic rings. The third-order valence-corrected chi connectivity index (χ3v) is 6.07. The first-order chi connectivity index (χ1) is 17.0. The molecule has 1 N–H and O–H groups in total. The number of H-pyrrole nitrogens is 1. The van der Waals surface area contributed by atoms with Crippen molar-refractivity contribution in [3.05, 3.63) is 72.3 Å². The number of imidazole rings is 1. The van der Waals surface area contributed by atoms with Crippen LogP contribution >= 0.6 is 11.8 Å². The van der Waals surface area contributed by atoms with Gasteiger partial charge in [0, 0.05) is 33.7 Å². The molecular formula is C26H25F3N4O2S. The summed E-state index contributed by atoms with van der Waals surface area (Å²) < 4.78 is 49.5. The lowest BCUT2D eigenvalue weighted by atomic mass is 10.1. The van der Waals surface area contributed by atoms with Gasteiger partial charge < -0.3 is 14.5 Å². The molecular weight excluding hydrogens is 489 g/mol. The molecule has 6 nitrogen and oxygen atoms in total. The van der Waals surface area contributed by atoms with Crippen LogP contribution in [0.15, 0.2) is 66.0 Å². The van der Waals surface area contributed by atoms with Gasteiger partial charge >= 0.3 is 6.18 Å². The van der Waals surface area contributed by atoms with Crippen molar-refractivity contribution in [3.8, 4) is 34.3 Å². The SMILES string of the molecule is COc1cc(OCc2ccc(C(F)(F)F)cn2)ccc1-c1cnc(-c2ccc(SC(C)(C)C)cn2)[nH]1. The van der Waals surface area contributed by atoms with Gasteiger partial charge in [-0.05, 0) is 36.4 Å². The zero-order valence-corrected chi connectivity index (χ0v) is 21.0. The summed E-state index contributed by atoms with van der Waals surface area (Å²) in [5.74, 6) is 1.67. The zero-order valence-electron chi connectivity index (χ0n) is 20.2. The highest BCUT2D eigenvalue weighted by molar-refractivity contribution is 8.00. The molecule has 0 atom stereocenters. The van der Waals surface area contributed by atoms with Gasteiger partial charge in [-0.25, -0.2) is 4.98 Å². The highest BCUT2D eigenvalue weighted by atomic mass is 32.2. The summed E-state index contributed by atoms with van der Waals surface area (Å²) in [7, 11) is 1.55. The molecule has 1 aromatic carbocycles. The fourth-order valence-corrected chi connectivity index (χ4v) is 4.29. The summed E-state index contributed by atoms with van der Waals surface area (Å²) in [5.41, 5.74) is 1.82. The van der Waals surface area contributed by atoms with E-state index in [9.17, 15) is 13.2 Å². The second-order valence-corrected chi connectivity index (χ2v) is 10.8. The number of thioether (sulfide) groups is 1. The third kappa shape index (κ3) is 6.37. The van der Waals surface area contributed by atoms with E-state index in [1.165, 1.54) is 6.07 Å². The minimum absolute atomic E-state index is 0.0179. The van der Waals surface area contributed by atoms with Gasteiger partial charge in [0.1, 0.15) is 23.8 Å². The van der Waals surface area contributed by atoms with Crippen LogP contribution in [0.2, 0.25) is 0 Å². The van der Waals surface area contributed by atoms with Crippen molar-refractivity contribution in [2.45, 2.75) is 43.2 Å². The Balaban J connectivity index is 1.46. The summed E-state index contributed by atoms with van der Waals surface area (Å²) in [6, 6.07) is 11.5. The van der Waals surface area contributed by atoms with E-state index < -0.39 is 11.7 Å². The van der Waals surface area contributed by atoms with E-state index in [0.717, 1.165) is 34.1 Å². The molecule has 3 heterocycles. The maximum Gasteiger partial charge on any atom is 0.417 e. The van der Waals surface area contributed by atoms with Crippen molar-refractivity contribution < 1.29 is 22.6 Å². The second-order valence-electron chi connectivity index (χ2n) is 8.93. The van der Waals surface area contributed by atoms with Crippen LogP contribution < -0.4 is 9.47 Å².